The van der Waals surface area contributed by atoms with E-state index in [-0.39, 0.29) is 5.75 Å². The topological polar surface area (TPSA) is 46.0 Å². The zero-order valence-electron chi connectivity index (χ0n) is 10.9. The second-order valence-electron chi connectivity index (χ2n) is 4.72. The molecule has 0 spiro atoms. The number of nitrogens with zero attached hydrogens (tertiary/aromatic N) is 2. The number of aromatic hydroxyl groups is 1. The largest absolute Gasteiger partial charge is 0.507 e. The van der Waals surface area contributed by atoms with Crippen molar-refractivity contribution >= 4 is 11.0 Å². The van der Waals surface area contributed by atoms with Gasteiger partial charge in [-0.25, -0.2) is 9.97 Å². The van der Waals surface area contributed by atoms with Gasteiger partial charge in [0, 0.05) is 17.1 Å². The fourth-order valence-electron chi connectivity index (χ4n) is 2.37. The Labute approximate surface area is 111 Å². The van der Waals surface area contributed by atoms with Gasteiger partial charge in [-0.15, -0.1) is 0 Å². The quantitative estimate of drug-likeness (QED) is 0.717. The van der Waals surface area contributed by atoms with E-state index in [1.807, 2.05) is 44.2 Å². The Hall–Kier alpha value is -2.42. The Balaban J connectivity index is 2.25. The lowest BCUT2D eigenvalue weighted by Gasteiger charge is -2.09. The maximum Gasteiger partial charge on any atom is 0.159 e. The number of phenols is 1. The van der Waals surface area contributed by atoms with Crippen LogP contribution >= 0.6 is 0 Å². The van der Waals surface area contributed by atoms with Crippen LogP contribution in [0.4, 0.5) is 0 Å². The van der Waals surface area contributed by atoms with E-state index in [9.17, 15) is 5.11 Å². The molecule has 0 radical (unpaired) electrons. The Morgan fingerprint density at radius 3 is 2.68 bits per heavy atom. The SMILES string of the molecule is Cc1cc(C)c(-c2ccc3cccnc3n2)c(O)c1. The number of fused-ring (bicyclic) bond motifs is 1. The van der Waals surface area contributed by atoms with E-state index >= 15 is 0 Å². The van der Waals surface area contributed by atoms with Gasteiger partial charge in [-0.05, 0) is 55.3 Å². The summed E-state index contributed by atoms with van der Waals surface area (Å²) in [7, 11) is 0. The molecule has 19 heavy (non-hydrogen) atoms. The highest BCUT2D eigenvalue weighted by molar-refractivity contribution is 5.80. The third-order valence-electron chi connectivity index (χ3n) is 3.18. The molecule has 1 aromatic carbocycles. The van der Waals surface area contributed by atoms with Gasteiger partial charge in [0.25, 0.3) is 0 Å². The summed E-state index contributed by atoms with van der Waals surface area (Å²) >= 11 is 0. The van der Waals surface area contributed by atoms with Crippen molar-refractivity contribution in [3.05, 3.63) is 53.7 Å². The molecular formula is C16H14N2O. The highest BCUT2D eigenvalue weighted by Crippen LogP contribution is 2.32. The minimum Gasteiger partial charge on any atom is -0.507 e. The van der Waals surface area contributed by atoms with Gasteiger partial charge in [0.1, 0.15) is 5.75 Å². The molecule has 0 bridgehead atoms. The van der Waals surface area contributed by atoms with Gasteiger partial charge >= 0.3 is 0 Å². The minimum absolute atomic E-state index is 0.264. The first kappa shape index (κ1) is 11.7. The van der Waals surface area contributed by atoms with Crippen molar-refractivity contribution in [2.75, 3.05) is 0 Å². The van der Waals surface area contributed by atoms with Crippen molar-refractivity contribution in [1.82, 2.24) is 9.97 Å². The van der Waals surface area contributed by atoms with Crippen LogP contribution in [0.3, 0.4) is 0 Å². The predicted octanol–water partition coefficient (Wildman–Crippen LogP) is 3.62. The second-order valence-corrected chi connectivity index (χ2v) is 4.72. The van der Waals surface area contributed by atoms with Gasteiger partial charge in [-0.1, -0.05) is 6.07 Å². The molecule has 0 saturated carbocycles. The van der Waals surface area contributed by atoms with Crippen LogP contribution in [-0.4, -0.2) is 15.1 Å². The summed E-state index contributed by atoms with van der Waals surface area (Å²) in [5.74, 6) is 0.264. The highest BCUT2D eigenvalue weighted by atomic mass is 16.3. The molecule has 2 aromatic heterocycles. The van der Waals surface area contributed by atoms with Crippen LogP contribution in [0.15, 0.2) is 42.6 Å². The Kier molecular flexibility index (Phi) is 2.67. The molecule has 0 unspecified atom stereocenters. The number of hydrogen-bond donors (Lipinski definition) is 1. The van der Waals surface area contributed by atoms with Crippen LogP contribution in [0.25, 0.3) is 22.3 Å². The van der Waals surface area contributed by atoms with Gasteiger partial charge < -0.3 is 5.11 Å². The molecule has 0 atom stereocenters. The van der Waals surface area contributed by atoms with E-state index in [1.54, 1.807) is 12.3 Å². The van der Waals surface area contributed by atoms with Crippen molar-refractivity contribution in [1.29, 1.82) is 0 Å². The van der Waals surface area contributed by atoms with Crippen LogP contribution < -0.4 is 0 Å². The first-order valence-corrected chi connectivity index (χ1v) is 6.17. The molecule has 2 heterocycles. The fourth-order valence-corrected chi connectivity index (χ4v) is 2.37. The monoisotopic (exact) mass is 250 g/mol. The number of pyridine rings is 2. The van der Waals surface area contributed by atoms with Gasteiger partial charge in [0.15, 0.2) is 5.65 Å². The molecule has 0 aliphatic carbocycles. The average Bonchev–Trinajstić information content (AvgIpc) is 2.37. The minimum atomic E-state index is 0.264. The summed E-state index contributed by atoms with van der Waals surface area (Å²) in [6, 6.07) is 11.6. The molecular weight excluding hydrogens is 236 g/mol. The molecule has 94 valence electrons. The molecule has 0 aliphatic heterocycles. The fraction of sp³-hybridized carbons (Fsp3) is 0.125. The zero-order valence-corrected chi connectivity index (χ0v) is 10.9. The third-order valence-corrected chi connectivity index (χ3v) is 3.18. The van der Waals surface area contributed by atoms with Crippen molar-refractivity contribution in [3.8, 4) is 17.0 Å². The molecule has 0 amide bonds. The van der Waals surface area contributed by atoms with Crippen molar-refractivity contribution < 1.29 is 5.11 Å². The van der Waals surface area contributed by atoms with Gasteiger partial charge in [-0.2, -0.15) is 0 Å². The first-order valence-electron chi connectivity index (χ1n) is 6.17. The van der Waals surface area contributed by atoms with E-state index in [2.05, 4.69) is 9.97 Å². The predicted molar refractivity (Wildman–Crippen MR) is 76.1 cm³/mol. The summed E-state index contributed by atoms with van der Waals surface area (Å²) in [6.45, 7) is 3.94. The highest BCUT2D eigenvalue weighted by Gasteiger charge is 2.10. The Morgan fingerprint density at radius 1 is 1.05 bits per heavy atom. The normalized spacial score (nSPS) is 10.8. The van der Waals surface area contributed by atoms with Gasteiger partial charge in [0.05, 0.1) is 5.69 Å². The first-order chi connectivity index (χ1) is 9.15. The summed E-state index contributed by atoms with van der Waals surface area (Å²) in [6.07, 6.45) is 1.72. The molecule has 3 heteroatoms. The maximum absolute atomic E-state index is 10.1. The van der Waals surface area contributed by atoms with Crippen LogP contribution in [-0.2, 0) is 0 Å². The Morgan fingerprint density at radius 2 is 1.89 bits per heavy atom. The van der Waals surface area contributed by atoms with Crippen LogP contribution in [0.1, 0.15) is 11.1 Å². The van der Waals surface area contributed by atoms with Crippen LogP contribution in [0.5, 0.6) is 5.75 Å². The van der Waals surface area contributed by atoms with E-state index in [0.29, 0.717) is 5.65 Å². The second kappa shape index (κ2) is 4.35. The maximum atomic E-state index is 10.1. The molecule has 1 N–H and O–H groups in total. The number of hydrogen-bond acceptors (Lipinski definition) is 3. The third kappa shape index (κ3) is 2.03. The molecule has 3 nitrogen and oxygen atoms in total. The number of rotatable bonds is 1. The smallest absolute Gasteiger partial charge is 0.159 e. The molecule has 0 fully saturated rings. The van der Waals surface area contributed by atoms with Crippen molar-refractivity contribution in [2.24, 2.45) is 0 Å². The number of aromatic nitrogens is 2. The zero-order chi connectivity index (χ0) is 13.4. The van der Waals surface area contributed by atoms with E-state index in [4.69, 9.17) is 0 Å². The van der Waals surface area contributed by atoms with Crippen LogP contribution in [0.2, 0.25) is 0 Å². The molecule has 0 aliphatic rings. The summed E-state index contributed by atoms with van der Waals surface area (Å²) in [4.78, 5) is 8.78. The lowest BCUT2D eigenvalue weighted by molar-refractivity contribution is 0.476. The van der Waals surface area contributed by atoms with Crippen molar-refractivity contribution in [2.45, 2.75) is 13.8 Å². The summed E-state index contributed by atoms with van der Waals surface area (Å²) in [5, 5.41) is 11.1. The number of aryl methyl sites for hydroxylation is 2. The van der Waals surface area contributed by atoms with Gasteiger partial charge in [0.2, 0.25) is 0 Å². The lowest BCUT2D eigenvalue weighted by Crippen LogP contribution is -1.91. The lowest BCUT2D eigenvalue weighted by atomic mass is 10.0. The summed E-state index contributed by atoms with van der Waals surface area (Å²) in [5.41, 5.74) is 4.27. The number of phenolic OH excluding ortho intramolecular Hbond substituents is 1. The van der Waals surface area contributed by atoms with E-state index in [1.165, 1.54) is 0 Å². The average molecular weight is 250 g/mol. The molecule has 3 rings (SSSR count). The molecule has 3 aromatic rings. The van der Waals surface area contributed by atoms with E-state index < -0.39 is 0 Å². The number of benzene rings is 1. The molecule has 0 saturated heterocycles. The standard InChI is InChI=1S/C16H14N2O/c1-10-8-11(2)15(14(19)9-10)13-6-5-12-4-3-7-17-16(12)18-13/h3-9,19H,1-2H3. The summed E-state index contributed by atoms with van der Waals surface area (Å²) < 4.78 is 0. The van der Waals surface area contributed by atoms with E-state index in [0.717, 1.165) is 27.8 Å². The van der Waals surface area contributed by atoms with Gasteiger partial charge in [-0.3, -0.25) is 0 Å². The van der Waals surface area contributed by atoms with Crippen LogP contribution in [0, 0.1) is 13.8 Å². The Bertz CT molecular complexity index is 743. The van der Waals surface area contributed by atoms with Crippen molar-refractivity contribution in [3.63, 3.8) is 0 Å².